The molecule has 94 valence electrons. The van der Waals surface area contributed by atoms with Gasteiger partial charge < -0.3 is 10.1 Å². The molecule has 0 saturated heterocycles. The van der Waals surface area contributed by atoms with Crippen LogP contribution in [0.4, 0.5) is 0 Å². The van der Waals surface area contributed by atoms with Gasteiger partial charge >= 0.3 is 0 Å². The topological polar surface area (TPSA) is 21.3 Å². The highest BCUT2D eigenvalue weighted by molar-refractivity contribution is 5.13. The van der Waals surface area contributed by atoms with Crippen LogP contribution in [0, 0.1) is 5.92 Å². The smallest absolute Gasteiger partial charge is 0.0717 e. The summed E-state index contributed by atoms with van der Waals surface area (Å²) < 4.78 is 5.69. The van der Waals surface area contributed by atoms with Crippen molar-refractivity contribution in [2.75, 3.05) is 13.2 Å². The zero-order valence-corrected chi connectivity index (χ0v) is 10.7. The summed E-state index contributed by atoms with van der Waals surface area (Å²) in [4.78, 5) is 0. The molecule has 0 heterocycles. The number of ether oxygens (including phenoxy) is 1. The van der Waals surface area contributed by atoms with E-state index in [0.29, 0.717) is 6.04 Å². The van der Waals surface area contributed by atoms with Gasteiger partial charge in [-0.1, -0.05) is 43.2 Å². The third-order valence-electron chi connectivity index (χ3n) is 3.22. The molecule has 0 radical (unpaired) electrons. The first kappa shape index (κ1) is 12.6. The summed E-state index contributed by atoms with van der Waals surface area (Å²) in [6.07, 6.45) is 4.23. The van der Waals surface area contributed by atoms with Crippen LogP contribution in [-0.2, 0) is 11.3 Å². The van der Waals surface area contributed by atoms with Gasteiger partial charge in [0, 0.05) is 6.04 Å². The van der Waals surface area contributed by atoms with E-state index in [0.717, 1.165) is 25.7 Å². The predicted molar refractivity (Wildman–Crippen MR) is 70.9 cm³/mol. The molecule has 1 aliphatic rings. The first-order valence-electron chi connectivity index (χ1n) is 6.69. The molecule has 0 spiro atoms. The van der Waals surface area contributed by atoms with Crippen molar-refractivity contribution >= 4 is 0 Å². The maximum Gasteiger partial charge on any atom is 0.0717 e. The number of hydrogen-bond acceptors (Lipinski definition) is 2. The maximum absolute atomic E-state index is 5.69. The van der Waals surface area contributed by atoms with Crippen molar-refractivity contribution in [1.29, 1.82) is 0 Å². The van der Waals surface area contributed by atoms with Gasteiger partial charge in [0.15, 0.2) is 0 Å². The molecule has 0 amide bonds. The fraction of sp³-hybridized carbons (Fsp3) is 0.600. The van der Waals surface area contributed by atoms with Crippen LogP contribution in [0.15, 0.2) is 30.3 Å². The van der Waals surface area contributed by atoms with Gasteiger partial charge in [-0.15, -0.1) is 0 Å². The molecule has 0 aromatic heterocycles. The Morgan fingerprint density at radius 2 is 2.06 bits per heavy atom. The molecule has 0 bridgehead atoms. The minimum atomic E-state index is 0.456. The minimum Gasteiger partial charge on any atom is -0.375 e. The van der Waals surface area contributed by atoms with Crippen LogP contribution >= 0.6 is 0 Å². The third kappa shape index (κ3) is 5.33. The van der Waals surface area contributed by atoms with E-state index in [9.17, 15) is 0 Å². The highest BCUT2D eigenvalue weighted by Crippen LogP contribution is 2.31. The molecule has 2 nitrogen and oxygen atoms in total. The standard InChI is InChI=1S/C15H23NO/c1-13(16-10-9-14-7-8-14)11-17-12-15-5-3-2-4-6-15/h2-6,13-14,16H,7-12H2,1H3. The van der Waals surface area contributed by atoms with Crippen LogP contribution in [0.5, 0.6) is 0 Å². The summed E-state index contributed by atoms with van der Waals surface area (Å²) in [5.41, 5.74) is 1.25. The third-order valence-corrected chi connectivity index (χ3v) is 3.22. The maximum atomic E-state index is 5.69. The van der Waals surface area contributed by atoms with Crippen LogP contribution in [0.25, 0.3) is 0 Å². The highest BCUT2D eigenvalue weighted by Gasteiger charge is 2.20. The molecule has 0 aliphatic heterocycles. The molecule has 17 heavy (non-hydrogen) atoms. The summed E-state index contributed by atoms with van der Waals surface area (Å²) in [5, 5.41) is 3.52. The zero-order chi connectivity index (χ0) is 11.9. The van der Waals surface area contributed by atoms with Crippen molar-refractivity contribution in [3.05, 3.63) is 35.9 Å². The SMILES string of the molecule is CC(COCc1ccccc1)NCCC1CC1. The average molecular weight is 233 g/mol. The Kier molecular flexibility index (Phi) is 5.02. The minimum absolute atomic E-state index is 0.456. The van der Waals surface area contributed by atoms with Crippen molar-refractivity contribution < 1.29 is 4.74 Å². The van der Waals surface area contributed by atoms with E-state index in [1.54, 1.807) is 0 Å². The summed E-state index contributed by atoms with van der Waals surface area (Å²) in [5.74, 6) is 1.01. The van der Waals surface area contributed by atoms with Crippen molar-refractivity contribution in [2.45, 2.75) is 38.8 Å². The first-order valence-corrected chi connectivity index (χ1v) is 6.69. The van der Waals surface area contributed by atoms with Gasteiger partial charge in [0.2, 0.25) is 0 Å². The van der Waals surface area contributed by atoms with Gasteiger partial charge in [-0.05, 0) is 31.4 Å². The van der Waals surface area contributed by atoms with E-state index in [1.165, 1.54) is 24.8 Å². The summed E-state index contributed by atoms with van der Waals surface area (Å²) in [6.45, 7) is 4.84. The van der Waals surface area contributed by atoms with Crippen LogP contribution in [-0.4, -0.2) is 19.2 Å². The molecule has 2 rings (SSSR count). The molecule has 1 unspecified atom stereocenters. The Morgan fingerprint density at radius 1 is 1.29 bits per heavy atom. The largest absolute Gasteiger partial charge is 0.375 e. The summed E-state index contributed by atoms with van der Waals surface area (Å²) in [7, 11) is 0. The van der Waals surface area contributed by atoms with Crippen molar-refractivity contribution in [2.24, 2.45) is 5.92 Å². The van der Waals surface area contributed by atoms with Crippen LogP contribution in [0.1, 0.15) is 31.7 Å². The molecule has 1 aliphatic carbocycles. The second-order valence-electron chi connectivity index (χ2n) is 5.09. The second kappa shape index (κ2) is 6.77. The van der Waals surface area contributed by atoms with Crippen LogP contribution in [0.3, 0.4) is 0 Å². The van der Waals surface area contributed by atoms with E-state index >= 15 is 0 Å². The monoisotopic (exact) mass is 233 g/mol. The van der Waals surface area contributed by atoms with E-state index in [-0.39, 0.29) is 0 Å². The lowest BCUT2D eigenvalue weighted by Crippen LogP contribution is -2.31. The number of hydrogen-bond donors (Lipinski definition) is 1. The first-order chi connectivity index (χ1) is 8.34. The second-order valence-corrected chi connectivity index (χ2v) is 5.09. The van der Waals surface area contributed by atoms with Gasteiger partial charge in [0.05, 0.1) is 13.2 Å². The summed E-state index contributed by atoms with van der Waals surface area (Å²) >= 11 is 0. The molecule has 1 aromatic rings. The molecule has 1 saturated carbocycles. The number of benzene rings is 1. The summed E-state index contributed by atoms with van der Waals surface area (Å²) in [6, 6.07) is 10.8. The lowest BCUT2D eigenvalue weighted by molar-refractivity contribution is 0.103. The molecule has 1 N–H and O–H groups in total. The van der Waals surface area contributed by atoms with Crippen molar-refractivity contribution in [3.63, 3.8) is 0 Å². The Bertz CT molecular complexity index is 308. The molecule has 2 heteroatoms. The Balaban J connectivity index is 1.51. The van der Waals surface area contributed by atoms with Crippen LogP contribution < -0.4 is 5.32 Å². The average Bonchev–Trinajstić information content (AvgIpc) is 3.14. The predicted octanol–water partition coefficient (Wildman–Crippen LogP) is 2.98. The Morgan fingerprint density at radius 3 is 2.76 bits per heavy atom. The van der Waals surface area contributed by atoms with Gasteiger partial charge in [-0.2, -0.15) is 0 Å². The highest BCUT2D eigenvalue weighted by atomic mass is 16.5. The quantitative estimate of drug-likeness (QED) is 0.745. The zero-order valence-electron chi connectivity index (χ0n) is 10.7. The number of nitrogens with one attached hydrogen (secondary N) is 1. The normalized spacial score (nSPS) is 17.0. The van der Waals surface area contributed by atoms with Crippen molar-refractivity contribution in [3.8, 4) is 0 Å². The Labute approximate surface area is 104 Å². The van der Waals surface area contributed by atoms with Gasteiger partial charge in [0.1, 0.15) is 0 Å². The number of rotatable bonds is 8. The van der Waals surface area contributed by atoms with Gasteiger partial charge in [0.25, 0.3) is 0 Å². The van der Waals surface area contributed by atoms with Gasteiger partial charge in [-0.3, -0.25) is 0 Å². The van der Waals surface area contributed by atoms with E-state index < -0.39 is 0 Å². The lowest BCUT2D eigenvalue weighted by Gasteiger charge is -2.14. The molecular weight excluding hydrogens is 210 g/mol. The van der Waals surface area contributed by atoms with E-state index in [1.807, 2.05) is 6.07 Å². The molecule has 1 aromatic carbocycles. The van der Waals surface area contributed by atoms with E-state index in [4.69, 9.17) is 4.74 Å². The van der Waals surface area contributed by atoms with Crippen LogP contribution in [0.2, 0.25) is 0 Å². The molecular formula is C15H23NO. The fourth-order valence-corrected chi connectivity index (χ4v) is 1.93. The Hall–Kier alpha value is -0.860. The lowest BCUT2D eigenvalue weighted by atomic mass is 10.2. The molecule has 1 atom stereocenters. The fourth-order valence-electron chi connectivity index (χ4n) is 1.93. The molecule has 1 fully saturated rings. The van der Waals surface area contributed by atoms with Crippen molar-refractivity contribution in [1.82, 2.24) is 5.32 Å². The van der Waals surface area contributed by atoms with Gasteiger partial charge in [-0.25, -0.2) is 0 Å². The van der Waals surface area contributed by atoms with E-state index in [2.05, 4.69) is 36.5 Å².